The fourth-order valence-corrected chi connectivity index (χ4v) is 2.78. The van der Waals surface area contributed by atoms with E-state index in [1.54, 1.807) is 12.4 Å². The highest BCUT2D eigenvalue weighted by molar-refractivity contribution is 6.31. The lowest BCUT2D eigenvalue weighted by Crippen LogP contribution is -2.14. The molecular formula is C20H22ClF3N2. The summed E-state index contributed by atoms with van der Waals surface area (Å²) in [5.41, 5.74) is 3.59. The summed E-state index contributed by atoms with van der Waals surface area (Å²) in [6.07, 6.45) is -2.27. The van der Waals surface area contributed by atoms with Crippen LogP contribution in [0.2, 0.25) is 5.02 Å². The second-order valence-electron chi connectivity index (χ2n) is 6.37. The molecule has 2 aromatic rings. The lowest BCUT2D eigenvalue weighted by Gasteiger charge is -2.14. The van der Waals surface area contributed by atoms with Crippen LogP contribution >= 0.6 is 11.6 Å². The molecule has 0 atom stereocenters. The average Bonchev–Trinajstić information content (AvgIpc) is 2.56. The fraction of sp³-hybridized carbons (Fsp3) is 0.350. The minimum atomic E-state index is -4.46. The molecule has 0 radical (unpaired) electrons. The predicted octanol–water partition coefficient (Wildman–Crippen LogP) is 6.18. The van der Waals surface area contributed by atoms with Crippen molar-refractivity contribution in [3.05, 3.63) is 63.2 Å². The SMILES string of the molecule is CCN(C)C=Nc1cc(C)c(Cc2ccc(Cl)c(C(F)(F)F)c2)cc1C. The van der Waals surface area contributed by atoms with Gasteiger partial charge in [-0.05, 0) is 67.6 Å². The summed E-state index contributed by atoms with van der Waals surface area (Å²) in [7, 11) is 1.94. The smallest absolute Gasteiger partial charge is 0.366 e. The molecule has 26 heavy (non-hydrogen) atoms. The van der Waals surface area contributed by atoms with Crippen LogP contribution in [-0.4, -0.2) is 24.8 Å². The van der Waals surface area contributed by atoms with Crippen LogP contribution in [0.15, 0.2) is 35.3 Å². The van der Waals surface area contributed by atoms with Crippen molar-refractivity contribution in [3.8, 4) is 0 Å². The molecule has 0 aliphatic heterocycles. The molecule has 2 aromatic carbocycles. The van der Waals surface area contributed by atoms with Gasteiger partial charge in [-0.25, -0.2) is 4.99 Å². The molecule has 0 N–H and O–H groups in total. The fourth-order valence-electron chi connectivity index (χ4n) is 2.55. The molecule has 0 heterocycles. The van der Waals surface area contributed by atoms with Gasteiger partial charge in [0.05, 0.1) is 22.6 Å². The maximum absolute atomic E-state index is 13.0. The molecule has 0 spiro atoms. The Hall–Kier alpha value is -2.01. The molecule has 140 valence electrons. The van der Waals surface area contributed by atoms with Crippen LogP contribution in [0, 0.1) is 13.8 Å². The van der Waals surface area contributed by atoms with E-state index >= 15 is 0 Å². The zero-order valence-corrected chi connectivity index (χ0v) is 16.0. The third kappa shape index (κ3) is 5.01. The molecule has 0 fully saturated rings. The third-order valence-corrected chi connectivity index (χ3v) is 4.61. The van der Waals surface area contributed by atoms with Crippen LogP contribution in [-0.2, 0) is 12.6 Å². The van der Waals surface area contributed by atoms with E-state index in [1.165, 1.54) is 6.07 Å². The molecule has 0 aromatic heterocycles. The summed E-state index contributed by atoms with van der Waals surface area (Å²) in [6, 6.07) is 8.01. The quantitative estimate of drug-likeness (QED) is 0.445. The van der Waals surface area contributed by atoms with E-state index in [1.807, 2.05) is 44.9 Å². The molecule has 0 aliphatic carbocycles. The number of aliphatic imine (C=N–C) groups is 1. The third-order valence-electron chi connectivity index (χ3n) is 4.28. The van der Waals surface area contributed by atoms with E-state index in [0.29, 0.717) is 12.0 Å². The van der Waals surface area contributed by atoms with Gasteiger partial charge in [-0.2, -0.15) is 13.2 Å². The van der Waals surface area contributed by atoms with Crippen molar-refractivity contribution in [3.63, 3.8) is 0 Å². The van der Waals surface area contributed by atoms with Crippen LogP contribution in [0.5, 0.6) is 0 Å². The summed E-state index contributed by atoms with van der Waals surface area (Å²) in [6.45, 7) is 6.79. The largest absolute Gasteiger partial charge is 0.417 e. The summed E-state index contributed by atoms with van der Waals surface area (Å²) in [4.78, 5) is 6.45. The number of hydrogen-bond donors (Lipinski definition) is 0. The number of alkyl halides is 3. The first-order valence-corrected chi connectivity index (χ1v) is 8.69. The Labute approximate surface area is 157 Å². The van der Waals surface area contributed by atoms with Crippen molar-refractivity contribution in [2.45, 2.75) is 33.4 Å². The number of halogens is 4. The highest BCUT2D eigenvalue weighted by atomic mass is 35.5. The van der Waals surface area contributed by atoms with E-state index < -0.39 is 11.7 Å². The Kier molecular flexibility index (Phi) is 6.34. The summed E-state index contributed by atoms with van der Waals surface area (Å²) in [5, 5.41) is -0.279. The normalized spacial score (nSPS) is 12.0. The Morgan fingerprint density at radius 2 is 1.81 bits per heavy atom. The van der Waals surface area contributed by atoms with Crippen LogP contribution in [0.1, 0.15) is 34.7 Å². The van der Waals surface area contributed by atoms with E-state index in [0.717, 1.165) is 35.0 Å². The van der Waals surface area contributed by atoms with Crippen molar-refractivity contribution in [1.82, 2.24) is 4.90 Å². The van der Waals surface area contributed by atoms with Crippen molar-refractivity contribution >= 4 is 23.6 Å². The Bertz CT molecular complexity index is 813. The van der Waals surface area contributed by atoms with Gasteiger partial charge in [0.15, 0.2) is 0 Å². The van der Waals surface area contributed by atoms with Crippen LogP contribution in [0.25, 0.3) is 0 Å². The van der Waals surface area contributed by atoms with Gasteiger partial charge in [-0.15, -0.1) is 0 Å². The van der Waals surface area contributed by atoms with Crippen molar-refractivity contribution in [1.29, 1.82) is 0 Å². The minimum Gasteiger partial charge on any atom is -0.366 e. The van der Waals surface area contributed by atoms with Gasteiger partial charge in [0.25, 0.3) is 0 Å². The maximum atomic E-state index is 13.0. The van der Waals surface area contributed by atoms with Gasteiger partial charge >= 0.3 is 6.18 Å². The lowest BCUT2D eigenvalue weighted by molar-refractivity contribution is -0.137. The predicted molar refractivity (Wildman–Crippen MR) is 102 cm³/mol. The van der Waals surface area contributed by atoms with Gasteiger partial charge < -0.3 is 4.90 Å². The first-order chi connectivity index (χ1) is 12.1. The summed E-state index contributed by atoms with van der Waals surface area (Å²) in [5.74, 6) is 0. The van der Waals surface area contributed by atoms with Crippen molar-refractivity contribution in [2.24, 2.45) is 4.99 Å². The van der Waals surface area contributed by atoms with Gasteiger partial charge in [-0.3, -0.25) is 0 Å². The average molecular weight is 383 g/mol. The second-order valence-corrected chi connectivity index (χ2v) is 6.78. The van der Waals surface area contributed by atoms with Crippen molar-refractivity contribution < 1.29 is 13.2 Å². The van der Waals surface area contributed by atoms with E-state index in [2.05, 4.69) is 4.99 Å². The lowest BCUT2D eigenvalue weighted by atomic mass is 9.96. The number of hydrogen-bond acceptors (Lipinski definition) is 1. The monoisotopic (exact) mass is 382 g/mol. The highest BCUT2D eigenvalue weighted by Gasteiger charge is 2.33. The number of rotatable bonds is 5. The molecule has 2 rings (SSSR count). The molecule has 0 unspecified atom stereocenters. The van der Waals surface area contributed by atoms with Gasteiger partial charge in [0.2, 0.25) is 0 Å². The molecule has 0 saturated carbocycles. The molecular weight excluding hydrogens is 361 g/mol. The Morgan fingerprint density at radius 3 is 2.42 bits per heavy atom. The topological polar surface area (TPSA) is 15.6 Å². The number of aryl methyl sites for hydroxylation is 2. The zero-order chi connectivity index (χ0) is 19.5. The second kappa shape index (κ2) is 8.12. The Balaban J connectivity index is 2.31. The molecule has 0 bridgehead atoms. The highest BCUT2D eigenvalue weighted by Crippen LogP contribution is 2.35. The van der Waals surface area contributed by atoms with Crippen LogP contribution < -0.4 is 0 Å². The van der Waals surface area contributed by atoms with Crippen molar-refractivity contribution in [2.75, 3.05) is 13.6 Å². The van der Waals surface area contributed by atoms with Gasteiger partial charge in [0.1, 0.15) is 0 Å². The first-order valence-electron chi connectivity index (χ1n) is 8.32. The molecule has 0 amide bonds. The van der Waals surface area contributed by atoms with Gasteiger partial charge in [0, 0.05) is 13.6 Å². The first kappa shape index (κ1) is 20.3. The molecule has 6 heteroatoms. The molecule has 2 nitrogen and oxygen atoms in total. The van der Waals surface area contributed by atoms with E-state index in [4.69, 9.17) is 11.6 Å². The summed E-state index contributed by atoms with van der Waals surface area (Å²) < 4.78 is 39.1. The maximum Gasteiger partial charge on any atom is 0.417 e. The van der Waals surface area contributed by atoms with Gasteiger partial charge in [-0.1, -0.05) is 23.7 Å². The Morgan fingerprint density at radius 1 is 1.12 bits per heavy atom. The van der Waals surface area contributed by atoms with Crippen LogP contribution in [0.3, 0.4) is 0 Å². The minimum absolute atomic E-state index is 0.279. The van der Waals surface area contributed by atoms with E-state index in [9.17, 15) is 13.2 Å². The van der Waals surface area contributed by atoms with Crippen LogP contribution in [0.4, 0.5) is 18.9 Å². The van der Waals surface area contributed by atoms with E-state index in [-0.39, 0.29) is 5.02 Å². The standard InChI is InChI=1S/C20H22ClF3N2/c1-5-26(4)12-25-19-9-13(2)16(8-14(19)3)10-15-6-7-18(21)17(11-15)20(22,23)24/h6-9,11-12H,5,10H2,1-4H3. The zero-order valence-electron chi connectivity index (χ0n) is 15.3. The molecule has 0 aliphatic rings. The number of nitrogens with zero attached hydrogens (tertiary/aromatic N) is 2. The summed E-state index contributed by atoms with van der Waals surface area (Å²) >= 11 is 5.69. The molecule has 0 saturated heterocycles. The number of benzene rings is 2.